The van der Waals surface area contributed by atoms with Gasteiger partial charge in [0.25, 0.3) is 0 Å². The van der Waals surface area contributed by atoms with Crippen LogP contribution in [-0.2, 0) is 4.79 Å². The van der Waals surface area contributed by atoms with E-state index in [2.05, 4.69) is 16.0 Å². The Bertz CT molecular complexity index is 457. The maximum absolute atomic E-state index is 11.7. The van der Waals surface area contributed by atoms with Crippen LogP contribution in [0.2, 0.25) is 0 Å². The number of nitrogens with one attached hydrogen (secondary N) is 3. The highest BCUT2D eigenvalue weighted by atomic mass is 16.2. The molecule has 1 aliphatic heterocycles. The summed E-state index contributed by atoms with van der Waals surface area (Å²) in [4.78, 5) is 22.4. The second-order valence-corrected chi connectivity index (χ2v) is 4.35. The summed E-state index contributed by atoms with van der Waals surface area (Å²) in [5, 5.41) is 8.37. The highest BCUT2D eigenvalue weighted by Crippen LogP contribution is 2.16. The van der Waals surface area contributed by atoms with Crippen LogP contribution in [0.1, 0.15) is 6.42 Å². The molecule has 1 aromatic carbocycles. The van der Waals surface area contributed by atoms with Gasteiger partial charge in [0.15, 0.2) is 0 Å². The summed E-state index contributed by atoms with van der Waals surface area (Å²) in [6, 6.07) is 6.26. The fraction of sp³-hybridized carbons (Fsp3) is 0.333. The summed E-state index contributed by atoms with van der Waals surface area (Å²) >= 11 is 0. The van der Waals surface area contributed by atoms with Gasteiger partial charge in [-0.1, -0.05) is 6.07 Å². The Balaban J connectivity index is 1.91. The van der Waals surface area contributed by atoms with Gasteiger partial charge in [0, 0.05) is 17.8 Å². The Kier molecular flexibility index (Phi) is 3.78. The number of urea groups is 1. The van der Waals surface area contributed by atoms with E-state index in [1.165, 1.54) is 0 Å². The summed E-state index contributed by atoms with van der Waals surface area (Å²) < 4.78 is 0. The van der Waals surface area contributed by atoms with Crippen molar-refractivity contribution in [1.29, 1.82) is 0 Å². The maximum Gasteiger partial charge on any atom is 0.316 e. The number of nitrogens with two attached hydrogens (primary N) is 1. The number of carbonyl (C=O) groups is 2. The third kappa shape index (κ3) is 3.46. The minimum Gasteiger partial charge on any atom is -0.351 e. The molecule has 1 aromatic rings. The third-order valence-electron chi connectivity index (χ3n) is 2.75. The molecule has 0 radical (unpaired) electrons. The summed E-state index contributed by atoms with van der Waals surface area (Å²) in [7, 11) is 0. The molecule has 1 aliphatic rings. The molecule has 0 unspecified atom stereocenters. The normalized spacial score (nSPS) is 14.7. The number of benzene rings is 1. The third-order valence-corrected chi connectivity index (χ3v) is 2.75. The molecule has 18 heavy (non-hydrogen) atoms. The van der Waals surface area contributed by atoms with Crippen LogP contribution in [0.15, 0.2) is 24.3 Å². The molecule has 0 atom stereocenters. The zero-order valence-electron chi connectivity index (χ0n) is 9.90. The highest BCUT2D eigenvalue weighted by Gasteiger charge is 2.19. The number of rotatable bonds is 4. The van der Waals surface area contributed by atoms with Crippen LogP contribution in [-0.4, -0.2) is 25.0 Å². The Hall–Kier alpha value is -2.08. The van der Waals surface area contributed by atoms with Crippen LogP contribution in [0, 0.1) is 5.92 Å². The number of amides is 3. The standard InChI is InChI=1S/C12H16N4O2/c13-12(18)16-10-3-1-2-9(5-10)15-11(17)4-8-6-14-7-8/h1-3,5,8,14H,4,6-7H2,(H,15,17)(H3,13,16,18). The Morgan fingerprint density at radius 2 is 1.94 bits per heavy atom. The fourth-order valence-corrected chi connectivity index (χ4v) is 1.78. The van der Waals surface area contributed by atoms with Crippen molar-refractivity contribution >= 4 is 23.3 Å². The lowest BCUT2D eigenvalue weighted by molar-refractivity contribution is -0.117. The average Bonchev–Trinajstić information content (AvgIpc) is 2.23. The van der Waals surface area contributed by atoms with Gasteiger partial charge in [0.2, 0.25) is 5.91 Å². The molecule has 5 N–H and O–H groups in total. The smallest absolute Gasteiger partial charge is 0.316 e. The lowest BCUT2D eigenvalue weighted by Crippen LogP contribution is -2.43. The molecule has 96 valence electrons. The summed E-state index contributed by atoms with van der Waals surface area (Å²) in [6.07, 6.45) is 0.514. The SMILES string of the molecule is NC(=O)Nc1cccc(NC(=O)CC2CNC2)c1. The second kappa shape index (κ2) is 5.50. The molecule has 0 saturated carbocycles. The van der Waals surface area contributed by atoms with E-state index in [4.69, 9.17) is 5.73 Å². The Labute approximate surface area is 105 Å². The molecule has 0 spiro atoms. The molecule has 0 aromatic heterocycles. The largest absolute Gasteiger partial charge is 0.351 e. The van der Waals surface area contributed by atoms with Crippen LogP contribution in [0.3, 0.4) is 0 Å². The van der Waals surface area contributed by atoms with E-state index in [1.54, 1.807) is 24.3 Å². The van der Waals surface area contributed by atoms with Gasteiger partial charge in [-0.3, -0.25) is 4.79 Å². The molecule has 1 heterocycles. The van der Waals surface area contributed by atoms with E-state index in [9.17, 15) is 9.59 Å². The van der Waals surface area contributed by atoms with Gasteiger partial charge in [0.1, 0.15) is 0 Å². The summed E-state index contributed by atoms with van der Waals surface area (Å²) in [5.74, 6) is 0.412. The van der Waals surface area contributed by atoms with E-state index in [-0.39, 0.29) is 5.91 Å². The lowest BCUT2D eigenvalue weighted by Gasteiger charge is -2.26. The van der Waals surface area contributed by atoms with Gasteiger partial charge in [-0.15, -0.1) is 0 Å². The van der Waals surface area contributed by atoms with E-state index in [1.807, 2.05) is 0 Å². The predicted molar refractivity (Wildman–Crippen MR) is 69.3 cm³/mol. The van der Waals surface area contributed by atoms with Crippen LogP contribution in [0.5, 0.6) is 0 Å². The minimum atomic E-state index is -0.626. The van der Waals surface area contributed by atoms with E-state index < -0.39 is 6.03 Å². The molecule has 0 bridgehead atoms. The van der Waals surface area contributed by atoms with Crippen molar-refractivity contribution in [2.45, 2.75) is 6.42 Å². The van der Waals surface area contributed by atoms with Gasteiger partial charge in [0.05, 0.1) is 0 Å². The molecule has 2 rings (SSSR count). The molecular weight excluding hydrogens is 232 g/mol. The molecule has 1 saturated heterocycles. The quantitative estimate of drug-likeness (QED) is 0.632. The van der Waals surface area contributed by atoms with Gasteiger partial charge in [-0.05, 0) is 37.2 Å². The monoisotopic (exact) mass is 248 g/mol. The van der Waals surface area contributed by atoms with Crippen molar-refractivity contribution in [3.8, 4) is 0 Å². The molecule has 6 nitrogen and oxygen atoms in total. The van der Waals surface area contributed by atoms with Crippen molar-refractivity contribution in [3.05, 3.63) is 24.3 Å². The second-order valence-electron chi connectivity index (χ2n) is 4.35. The first kappa shape index (κ1) is 12.4. The first-order valence-corrected chi connectivity index (χ1v) is 5.80. The first-order chi connectivity index (χ1) is 8.63. The zero-order valence-corrected chi connectivity index (χ0v) is 9.90. The fourth-order valence-electron chi connectivity index (χ4n) is 1.78. The Morgan fingerprint density at radius 3 is 2.50 bits per heavy atom. The number of anilines is 2. The zero-order chi connectivity index (χ0) is 13.0. The van der Waals surface area contributed by atoms with Crippen molar-refractivity contribution < 1.29 is 9.59 Å². The number of primary amides is 1. The minimum absolute atomic E-state index is 0.0160. The molecule has 3 amide bonds. The van der Waals surface area contributed by atoms with Crippen molar-refractivity contribution in [2.75, 3.05) is 23.7 Å². The van der Waals surface area contributed by atoms with Crippen LogP contribution < -0.4 is 21.7 Å². The van der Waals surface area contributed by atoms with Crippen molar-refractivity contribution in [3.63, 3.8) is 0 Å². The van der Waals surface area contributed by atoms with Crippen LogP contribution in [0.4, 0.5) is 16.2 Å². The van der Waals surface area contributed by atoms with Crippen LogP contribution >= 0.6 is 0 Å². The highest BCUT2D eigenvalue weighted by molar-refractivity contribution is 5.93. The predicted octanol–water partition coefficient (Wildman–Crippen LogP) is 0.725. The summed E-state index contributed by atoms with van der Waals surface area (Å²) in [6.45, 7) is 1.80. The van der Waals surface area contributed by atoms with E-state index in [0.717, 1.165) is 13.1 Å². The van der Waals surface area contributed by atoms with Gasteiger partial charge in [-0.2, -0.15) is 0 Å². The average molecular weight is 248 g/mol. The lowest BCUT2D eigenvalue weighted by atomic mass is 9.99. The number of carbonyl (C=O) groups excluding carboxylic acids is 2. The van der Waals surface area contributed by atoms with Crippen LogP contribution in [0.25, 0.3) is 0 Å². The van der Waals surface area contributed by atoms with Gasteiger partial charge in [-0.25, -0.2) is 4.79 Å². The van der Waals surface area contributed by atoms with E-state index in [0.29, 0.717) is 23.7 Å². The van der Waals surface area contributed by atoms with E-state index >= 15 is 0 Å². The van der Waals surface area contributed by atoms with Gasteiger partial charge >= 0.3 is 6.03 Å². The van der Waals surface area contributed by atoms with Crippen molar-refractivity contribution in [2.24, 2.45) is 11.7 Å². The first-order valence-electron chi connectivity index (χ1n) is 5.80. The molecule has 0 aliphatic carbocycles. The Morgan fingerprint density at radius 1 is 1.28 bits per heavy atom. The molecular formula is C12H16N4O2. The number of hydrogen-bond donors (Lipinski definition) is 4. The van der Waals surface area contributed by atoms with Crippen molar-refractivity contribution in [1.82, 2.24) is 5.32 Å². The molecule has 6 heteroatoms. The maximum atomic E-state index is 11.7. The topological polar surface area (TPSA) is 96.2 Å². The summed E-state index contributed by atoms with van der Waals surface area (Å²) in [5.41, 5.74) is 6.24. The number of hydrogen-bond acceptors (Lipinski definition) is 3. The van der Waals surface area contributed by atoms with Gasteiger partial charge < -0.3 is 21.7 Å². The molecule has 1 fully saturated rings.